The van der Waals surface area contributed by atoms with Gasteiger partial charge in [-0.1, -0.05) is 0 Å². The molecule has 2 atom stereocenters. The summed E-state index contributed by atoms with van der Waals surface area (Å²) in [6.45, 7) is -0.578. The molecule has 1 N–H and O–H groups in total. The molecule has 1 saturated heterocycles. The number of hydrogen-bond donors (Lipinski definition) is 1. The number of rotatable bonds is 7. The zero-order chi connectivity index (χ0) is 29.0. The van der Waals surface area contributed by atoms with Crippen molar-refractivity contribution in [2.24, 2.45) is 0 Å². The van der Waals surface area contributed by atoms with Gasteiger partial charge in [-0.15, -0.1) is 0 Å². The highest BCUT2D eigenvalue weighted by molar-refractivity contribution is 7.89. The number of hydrogen-bond acceptors (Lipinski definition) is 6. The quantitative estimate of drug-likeness (QED) is 0.419. The second-order valence-corrected chi connectivity index (χ2v) is 11.2. The Morgan fingerprint density at radius 2 is 1.75 bits per heavy atom. The van der Waals surface area contributed by atoms with Crippen molar-refractivity contribution in [2.75, 3.05) is 0 Å². The number of carbonyl (C=O) groups is 1. The van der Waals surface area contributed by atoms with Crippen molar-refractivity contribution in [1.82, 2.24) is 29.4 Å². The topological polar surface area (TPSA) is 110 Å². The normalized spacial score (nSPS) is 20.8. The molecule has 1 amide bonds. The molecule has 2 fully saturated rings. The molecule has 1 aromatic carbocycles. The van der Waals surface area contributed by atoms with E-state index in [1.807, 2.05) is 0 Å². The number of alkyl halides is 6. The van der Waals surface area contributed by atoms with Crippen LogP contribution < -0.4 is 5.32 Å². The van der Waals surface area contributed by atoms with Crippen LogP contribution in [0.3, 0.4) is 0 Å². The van der Waals surface area contributed by atoms with Gasteiger partial charge in [0.1, 0.15) is 29.4 Å². The fourth-order valence-electron chi connectivity index (χ4n) is 4.72. The standard InChI is InChI=1S/C23H19F7N6O3S/c24-13-1-3-15(4-2-13)40(38,39)36-16(7-17(25)22(36)5-6-22)20(37)31-8-12-11-35(34-18(12)19(26)27)14-9-32-21(33-10-14)23(28,29)30/h1-4,9-11,16-17,19H,5-8H2,(H,31,37)/t16-,17+/m0/s1. The summed E-state index contributed by atoms with van der Waals surface area (Å²) in [5.41, 5.74) is -2.64. The van der Waals surface area contributed by atoms with Gasteiger partial charge in [-0.3, -0.25) is 4.79 Å². The van der Waals surface area contributed by atoms with Gasteiger partial charge in [0.05, 0.1) is 22.8 Å². The number of nitrogens with zero attached hydrogens (tertiary/aromatic N) is 5. The van der Waals surface area contributed by atoms with Crippen LogP contribution in [0.1, 0.15) is 42.8 Å². The van der Waals surface area contributed by atoms with Crippen LogP contribution in [-0.2, 0) is 27.5 Å². The Morgan fingerprint density at radius 1 is 1.12 bits per heavy atom. The number of aromatic nitrogens is 4. The van der Waals surface area contributed by atoms with E-state index in [1.54, 1.807) is 0 Å². The Labute approximate surface area is 222 Å². The molecule has 0 bridgehead atoms. The van der Waals surface area contributed by atoms with Crippen LogP contribution in [0.4, 0.5) is 30.7 Å². The first-order chi connectivity index (χ1) is 18.7. The van der Waals surface area contributed by atoms with Crippen molar-refractivity contribution in [3.05, 3.63) is 65.8 Å². The van der Waals surface area contributed by atoms with Crippen LogP contribution in [0.5, 0.6) is 0 Å². The molecule has 17 heteroatoms. The van der Waals surface area contributed by atoms with Gasteiger partial charge in [-0.25, -0.2) is 40.6 Å². The summed E-state index contributed by atoms with van der Waals surface area (Å²) in [7, 11) is -4.44. The Hall–Kier alpha value is -3.60. The first kappa shape index (κ1) is 27.9. The Bertz CT molecular complexity index is 1520. The molecule has 1 aliphatic carbocycles. The number of carbonyl (C=O) groups excluding carboxylic acids is 1. The summed E-state index contributed by atoms with van der Waals surface area (Å²) in [5, 5.41) is 5.99. The lowest BCUT2D eigenvalue weighted by atomic mass is 10.1. The van der Waals surface area contributed by atoms with E-state index >= 15 is 4.39 Å². The van der Waals surface area contributed by atoms with Crippen molar-refractivity contribution in [3.8, 4) is 5.69 Å². The van der Waals surface area contributed by atoms with Gasteiger partial charge in [-0.05, 0) is 37.1 Å². The molecule has 3 heterocycles. The first-order valence-electron chi connectivity index (χ1n) is 11.7. The van der Waals surface area contributed by atoms with Crippen LogP contribution >= 0.6 is 0 Å². The van der Waals surface area contributed by atoms with Gasteiger partial charge >= 0.3 is 6.18 Å². The number of sulfonamides is 1. The fraction of sp³-hybridized carbons (Fsp3) is 0.391. The molecule has 3 aromatic rings. The number of benzene rings is 1. The van der Waals surface area contributed by atoms with Gasteiger partial charge in [0.2, 0.25) is 21.8 Å². The molecular weight excluding hydrogens is 573 g/mol. The van der Waals surface area contributed by atoms with Crippen molar-refractivity contribution in [3.63, 3.8) is 0 Å². The molecule has 0 radical (unpaired) electrons. The van der Waals surface area contributed by atoms with E-state index in [1.165, 1.54) is 0 Å². The second kappa shape index (κ2) is 9.79. The lowest BCUT2D eigenvalue weighted by Gasteiger charge is -2.29. The number of amides is 1. The highest BCUT2D eigenvalue weighted by Gasteiger charge is 2.67. The summed E-state index contributed by atoms with van der Waals surface area (Å²) in [5.74, 6) is -3.10. The van der Waals surface area contributed by atoms with E-state index < -0.39 is 76.6 Å². The largest absolute Gasteiger partial charge is 0.451 e. The lowest BCUT2D eigenvalue weighted by molar-refractivity contribution is -0.145. The van der Waals surface area contributed by atoms with Crippen LogP contribution in [-0.4, -0.2) is 56.1 Å². The average molecular weight is 592 g/mol. The zero-order valence-electron chi connectivity index (χ0n) is 20.1. The van der Waals surface area contributed by atoms with E-state index in [4.69, 9.17) is 0 Å². The average Bonchev–Trinajstić information content (AvgIpc) is 3.47. The second-order valence-electron chi connectivity index (χ2n) is 9.34. The molecule has 2 aliphatic rings. The molecule has 214 valence electrons. The molecule has 5 rings (SSSR count). The summed E-state index contributed by atoms with van der Waals surface area (Å²) in [6.07, 6.45) is -7.30. The van der Waals surface area contributed by atoms with Crippen LogP contribution in [0.25, 0.3) is 5.69 Å². The van der Waals surface area contributed by atoms with Crippen LogP contribution in [0, 0.1) is 5.82 Å². The van der Waals surface area contributed by atoms with Crippen LogP contribution in [0.2, 0.25) is 0 Å². The fourth-order valence-corrected chi connectivity index (χ4v) is 6.72. The first-order valence-corrected chi connectivity index (χ1v) is 13.2. The van der Waals surface area contributed by atoms with E-state index in [2.05, 4.69) is 20.4 Å². The van der Waals surface area contributed by atoms with E-state index in [-0.39, 0.29) is 29.0 Å². The molecular formula is C23H19F7N6O3S. The Morgan fingerprint density at radius 3 is 2.30 bits per heavy atom. The molecule has 2 aromatic heterocycles. The SMILES string of the molecule is O=C(NCc1cn(-c2cnc(C(F)(F)F)nc2)nc1C(F)F)[C@@H]1C[C@@H](F)C2(CC2)N1S(=O)(=O)c1ccc(F)cc1. The third-order valence-electron chi connectivity index (χ3n) is 6.81. The number of nitrogens with one attached hydrogen (secondary N) is 1. The Kier molecular flexibility index (Phi) is 6.84. The predicted octanol–water partition coefficient (Wildman–Crippen LogP) is 3.71. The number of halogens is 7. The Balaban J connectivity index is 1.38. The summed E-state index contributed by atoms with van der Waals surface area (Å²) in [6, 6.07) is 2.30. The monoisotopic (exact) mass is 592 g/mol. The van der Waals surface area contributed by atoms with Gasteiger partial charge < -0.3 is 5.32 Å². The lowest BCUT2D eigenvalue weighted by Crippen LogP contribution is -2.50. The minimum atomic E-state index is -4.82. The van der Waals surface area contributed by atoms with Gasteiger partial charge in [0, 0.05) is 24.7 Å². The summed E-state index contributed by atoms with van der Waals surface area (Å²) < 4.78 is 122. The molecule has 9 nitrogen and oxygen atoms in total. The highest BCUT2D eigenvalue weighted by atomic mass is 32.2. The zero-order valence-corrected chi connectivity index (χ0v) is 20.9. The predicted molar refractivity (Wildman–Crippen MR) is 122 cm³/mol. The molecule has 1 aliphatic heterocycles. The van der Waals surface area contributed by atoms with Gasteiger partial charge in [0.25, 0.3) is 6.43 Å². The van der Waals surface area contributed by atoms with Crippen molar-refractivity contribution in [2.45, 2.75) is 61.1 Å². The third-order valence-corrected chi connectivity index (χ3v) is 8.81. The summed E-state index contributed by atoms with van der Waals surface area (Å²) >= 11 is 0. The molecule has 0 unspecified atom stereocenters. The maximum absolute atomic E-state index is 15.0. The van der Waals surface area contributed by atoms with Gasteiger partial charge in [-0.2, -0.15) is 22.6 Å². The molecule has 1 saturated carbocycles. The smallest absolute Gasteiger partial charge is 0.350 e. The summed E-state index contributed by atoms with van der Waals surface area (Å²) in [4.78, 5) is 19.1. The van der Waals surface area contributed by atoms with E-state index in [0.29, 0.717) is 0 Å². The molecule has 1 spiro atoms. The minimum absolute atomic E-state index is 0.163. The maximum atomic E-state index is 15.0. The van der Waals surface area contributed by atoms with Gasteiger partial charge in [0.15, 0.2) is 0 Å². The van der Waals surface area contributed by atoms with Crippen molar-refractivity contribution >= 4 is 15.9 Å². The van der Waals surface area contributed by atoms with Crippen molar-refractivity contribution < 1.29 is 43.9 Å². The van der Waals surface area contributed by atoms with Crippen LogP contribution in [0.15, 0.2) is 47.8 Å². The van der Waals surface area contributed by atoms with Crippen molar-refractivity contribution in [1.29, 1.82) is 0 Å². The minimum Gasteiger partial charge on any atom is -0.350 e. The third kappa shape index (κ3) is 4.91. The van der Waals surface area contributed by atoms with E-state index in [0.717, 1.165) is 51.8 Å². The highest BCUT2D eigenvalue weighted by Crippen LogP contribution is 2.55. The maximum Gasteiger partial charge on any atom is 0.451 e. The van der Waals surface area contributed by atoms with E-state index in [9.17, 15) is 39.6 Å². The molecule has 40 heavy (non-hydrogen) atoms.